The molecule has 0 amide bonds. The van der Waals surface area contributed by atoms with E-state index < -0.39 is 0 Å². The summed E-state index contributed by atoms with van der Waals surface area (Å²) in [6.07, 6.45) is 8.87. The van der Waals surface area contributed by atoms with E-state index in [0.717, 1.165) is 43.0 Å². The number of halogens is 3. The van der Waals surface area contributed by atoms with Crippen molar-refractivity contribution in [1.82, 2.24) is 4.90 Å². The van der Waals surface area contributed by atoms with Crippen LogP contribution in [0.5, 0.6) is 0 Å². The van der Waals surface area contributed by atoms with Crippen LogP contribution in [0, 0.1) is 0 Å². The molecule has 0 bridgehead atoms. The third-order valence-corrected chi connectivity index (χ3v) is 5.17. The van der Waals surface area contributed by atoms with Gasteiger partial charge >= 0.3 is 0 Å². The zero-order valence-corrected chi connectivity index (χ0v) is 15.6. The Labute approximate surface area is 154 Å². The zero-order valence-electron chi connectivity index (χ0n) is 13.4. The molecule has 23 heavy (non-hydrogen) atoms. The van der Waals surface area contributed by atoms with Crippen LogP contribution in [0.4, 0.5) is 0 Å². The first-order valence-electron chi connectivity index (χ1n) is 7.84. The number of nitrogens with zero attached hydrogens (tertiary/aromatic N) is 1. The topological polar surface area (TPSA) is 3.24 Å². The number of allylic oxidation sites excluding steroid dienone is 2. The van der Waals surface area contributed by atoms with Gasteiger partial charge < -0.3 is 0 Å². The summed E-state index contributed by atoms with van der Waals surface area (Å²) in [6.45, 7) is 8.19. The maximum absolute atomic E-state index is 6.22. The summed E-state index contributed by atoms with van der Waals surface area (Å²) < 4.78 is 0. The van der Waals surface area contributed by atoms with Gasteiger partial charge in [-0.1, -0.05) is 59.6 Å². The molecule has 0 unspecified atom stereocenters. The Balaban J connectivity index is 1.96. The van der Waals surface area contributed by atoms with E-state index in [2.05, 4.69) is 18.4 Å². The van der Waals surface area contributed by atoms with Crippen molar-refractivity contribution >= 4 is 34.8 Å². The molecule has 1 aromatic carbocycles. The lowest BCUT2D eigenvalue weighted by Gasteiger charge is -2.29. The number of hydrogen-bond acceptors (Lipinski definition) is 1. The Morgan fingerprint density at radius 3 is 2.74 bits per heavy atom. The molecule has 0 spiro atoms. The van der Waals surface area contributed by atoms with E-state index in [1.165, 1.54) is 5.56 Å². The van der Waals surface area contributed by atoms with Gasteiger partial charge in [-0.15, -0.1) is 0 Å². The summed E-state index contributed by atoms with van der Waals surface area (Å²) in [7, 11) is 0. The molecule has 1 heterocycles. The highest BCUT2D eigenvalue weighted by Crippen LogP contribution is 2.24. The van der Waals surface area contributed by atoms with E-state index >= 15 is 0 Å². The van der Waals surface area contributed by atoms with Crippen LogP contribution in [0.3, 0.4) is 0 Å². The second kappa shape index (κ2) is 8.94. The number of benzene rings is 1. The lowest BCUT2D eigenvalue weighted by Crippen LogP contribution is -2.35. The van der Waals surface area contributed by atoms with E-state index in [0.29, 0.717) is 16.1 Å². The number of rotatable bonds is 4. The van der Waals surface area contributed by atoms with Crippen molar-refractivity contribution < 1.29 is 0 Å². The summed E-state index contributed by atoms with van der Waals surface area (Å²) in [5.74, 6) is 0. The van der Waals surface area contributed by atoms with Crippen LogP contribution in [0.25, 0.3) is 0 Å². The van der Waals surface area contributed by atoms with Crippen LogP contribution in [0.1, 0.15) is 25.3 Å². The van der Waals surface area contributed by atoms with Crippen molar-refractivity contribution in [1.29, 1.82) is 0 Å². The van der Waals surface area contributed by atoms with Gasteiger partial charge in [0.15, 0.2) is 0 Å². The van der Waals surface area contributed by atoms with Crippen LogP contribution in [0.15, 0.2) is 53.6 Å². The molecule has 1 aliphatic heterocycles. The first-order chi connectivity index (χ1) is 11.0. The number of aryl methyl sites for hydroxylation is 1. The van der Waals surface area contributed by atoms with Crippen molar-refractivity contribution in [3.63, 3.8) is 0 Å². The minimum atomic E-state index is 0.442. The van der Waals surface area contributed by atoms with Crippen LogP contribution < -0.4 is 0 Å². The van der Waals surface area contributed by atoms with Crippen molar-refractivity contribution in [3.8, 4) is 0 Å². The zero-order chi connectivity index (χ0) is 16.8. The van der Waals surface area contributed by atoms with Gasteiger partial charge in [0.25, 0.3) is 0 Å². The molecule has 1 atom stereocenters. The molecule has 0 N–H and O–H groups in total. The van der Waals surface area contributed by atoms with Gasteiger partial charge in [0, 0.05) is 24.2 Å². The van der Waals surface area contributed by atoms with Gasteiger partial charge in [0.1, 0.15) is 0 Å². The third kappa shape index (κ3) is 6.00. The standard InChI is InChI=1S/C19H22Cl3N/c1-14-4-3-5-17(20)10-11-23(13-14)15(2)6-7-16-8-9-18(21)19(22)12-16/h3-5,8-9,12,15H,1,6-7,10-11,13H2,2H3/b4-3-,17-5+/t15-/m1/s1. The average Bonchev–Trinajstić information content (AvgIpc) is 2.59. The Bertz CT molecular complexity index is 619. The summed E-state index contributed by atoms with van der Waals surface area (Å²) in [5.41, 5.74) is 2.32. The summed E-state index contributed by atoms with van der Waals surface area (Å²) in [6, 6.07) is 6.30. The van der Waals surface area contributed by atoms with Gasteiger partial charge in [-0.3, -0.25) is 4.90 Å². The van der Waals surface area contributed by atoms with Crippen LogP contribution in [0.2, 0.25) is 10.0 Å². The molecule has 0 aromatic heterocycles. The van der Waals surface area contributed by atoms with Gasteiger partial charge in [-0.25, -0.2) is 0 Å². The third-order valence-electron chi connectivity index (χ3n) is 4.11. The second-order valence-electron chi connectivity index (χ2n) is 5.99. The molecule has 4 heteroatoms. The predicted molar refractivity (Wildman–Crippen MR) is 103 cm³/mol. The molecular weight excluding hydrogens is 349 g/mol. The maximum atomic E-state index is 6.22. The Hall–Kier alpha value is -0.730. The van der Waals surface area contributed by atoms with Gasteiger partial charge in [0.2, 0.25) is 0 Å². The fraction of sp³-hybridized carbons (Fsp3) is 0.368. The molecule has 0 saturated carbocycles. The monoisotopic (exact) mass is 369 g/mol. The first-order valence-corrected chi connectivity index (χ1v) is 8.97. The van der Waals surface area contributed by atoms with Crippen LogP contribution in [-0.2, 0) is 6.42 Å². The molecule has 0 radical (unpaired) electrons. The summed E-state index contributed by atoms with van der Waals surface area (Å²) >= 11 is 18.3. The highest BCUT2D eigenvalue weighted by atomic mass is 35.5. The fourth-order valence-electron chi connectivity index (χ4n) is 2.64. The molecule has 0 fully saturated rings. The second-order valence-corrected chi connectivity index (χ2v) is 7.29. The largest absolute Gasteiger partial charge is 0.296 e. The fourth-order valence-corrected chi connectivity index (χ4v) is 3.12. The smallest absolute Gasteiger partial charge is 0.0595 e. The average molecular weight is 371 g/mol. The lowest BCUT2D eigenvalue weighted by atomic mass is 10.0. The summed E-state index contributed by atoms with van der Waals surface area (Å²) in [4.78, 5) is 2.44. The molecular formula is C19H22Cl3N. The van der Waals surface area contributed by atoms with E-state index in [9.17, 15) is 0 Å². The Morgan fingerprint density at radius 2 is 2.00 bits per heavy atom. The number of hydrogen-bond donors (Lipinski definition) is 0. The van der Waals surface area contributed by atoms with E-state index in [-0.39, 0.29) is 0 Å². The molecule has 0 saturated heterocycles. The minimum Gasteiger partial charge on any atom is -0.296 e. The van der Waals surface area contributed by atoms with E-state index in [4.69, 9.17) is 34.8 Å². The highest BCUT2D eigenvalue weighted by Gasteiger charge is 2.15. The van der Waals surface area contributed by atoms with Crippen molar-refractivity contribution in [3.05, 3.63) is 69.2 Å². The first kappa shape index (κ1) is 18.6. The van der Waals surface area contributed by atoms with Crippen molar-refractivity contribution in [2.45, 2.75) is 32.2 Å². The van der Waals surface area contributed by atoms with Crippen LogP contribution in [-0.4, -0.2) is 24.0 Å². The normalized spacial score (nSPS) is 21.7. The van der Waals surface area contributed by atoms with Gasteiger partial charge in [-0.2, -0.15) is 0 Å². The SMILES string of the molecule is C=C1/C=C\C=C(\Cl)CCN([C@H](C)CCc2ccc(Cl)c(Cl)c2)C1. The van der Waals surface area contributed by atoms with Gasteiger partial charge in [-0.05, 0) is 55.5 Å². The summed E-state index contributed by atoms with van der Waals surface area (Å²) in [5, 5.41) is 2.11. The van der Waals surface area contributed by atoms with Gasteiger partial charge in [0.05, 0.1) is 10.0 Å². The molecule has 2 rings (SSSR count). The van der Waals surface area contributed by atoms with Crippen molar-refractivity contribution in [2.75, 3.05) is 13.1 Å². The molecule has 0 aliphatic carbocycles. The highest BCUT2D eigenvalue weighted by molar-refractivity contribution is 6.42. The van der Waals surface area contributed by atoms with E-state index in [1.54, 1.807) is 0 Å². The molecule has 1 nitrogen and oxygen atoms in total. The Kier molecular flexibility index (Phi) is 7.23. The quantitative estimate of drug-likeness (QED) is 0.605. The molecule has 1 aliphatic rings. The lowest BCUT2D eigenvalue weighted by molar-refractivity contribution is 0.221. The van der Waals surface area contributed by atoms with Crippen molar-refractivity contribution in [2.24, 2.45) is 0 Å². The molecule has 1 aromatic rings. The van der Waals surface area contributed by atoms with E-state index in [1.807, 2.05) is 36.4 Å². The molecule has 124 valence electrons. The minimum absolute atomic E-state index is 0.442. The predicted octanol–water partition coefficient (Wildman–Crippen LogP) is 6.26. The Morgan fingerprint density at radius 1 is 1.22 bits per heavy atom. The maximum Gasteiger partial charge on any atom is 0.0595 e. The van der Waals surface area contributed by atoms with Crippen LogP contribution >= 0.6 is 34.8 Å².